The summed E-state index contributed by atoms with van der Waals surface area (Å²) in [5.41, 5.74) is 20.4. The third-order valence-corrected chi connectivity index (χ3v) is 13.7. The van der Waals surface area contributed by atoms with E-state index in [9.17, 15) is 9.59 Å². The van der Waals surface area contributed by atoms with Crippen LogP contribution in [0.4, 0.5) is 11.6 Å². The van der Waals surface area contributed by atoms with Crippen molar-refractivity contribution in [2.45, 2.75) is 91.6 Å². The van der Waals surface area contributed by atoms with E-state index < -0.39 is 0 Å². The highest BCUT2D eigenvalue weighted by atomic mass is 35.5. The molecule has 4 aromatic heterocycles. The molecule has 1 saturated heterocycles. The number of hydrogen-bond acceptors (Lipinski definition) is 14. The van der Waals surface area contributed by atoms with Crippen LogP contribution in [0.2, 0.25) is 0 Å². The van der Waals surface area contributed by atoms with Crippen LogP contribution in [0.15, 0.2) is 119 Å². The molecular weight excluding hydrogens is 994 g/mol. The number of nitrogens with one attached hydrogen (secondary N) is 2. The number of anilines is 2. The van der Waals surface area contributed by atoms with Crippen molar-refractivity contribution in [2.24, 2.45) is 0 Å². The molecule has 0 radical (unpaired) electrons. The molecule has 8 aromatic rings. The van der Waals surface area contributed by atoms with E-state index in [1.807, 2.05) is 18.2 Å². The number of rotatable bonds is 27. The van der Waals surface area contributed by atoms with Crippen molar-refractivity contribution in [1.82, 2.24) is 53.7 Å². The van der Waals surface area contributed by atoms with Gasteiger partial charge in [-0.25, -0.2) is 9.59 Å². The minimum atomic E-state index is -0.282. The Morgan fingerprint density at radius 1 is 0.558 bits per heavy atom. The highest BCUT2D eigenvalue weighted by Gasteiger charge is 2.18. The van der Waals surface area contributed by atoms with Crippen LogP contribution in [0.1, 0.15) is 85.8 Å². The molecule has 0 spiro atoms. The third kappa shape index (κ3) is 16.5. The highest BCUT2D eigenvalue weighted by Crippen LogP contribution is 2.22. The van der Waals surface area contributed by atoms with E-state index in [4.69, 9.17) is 37.3 Å². The second-order valence-electron chi connectivity index (χ2n) is 19.5. The minimum absolute atomic E-state index is 0.187. The molecule has 1 fully saturated rings. The fourth-order valence-electron chi connectivity index (χ4n) is 9.22. The lowest BCUT2D eigenvalue weighted by Gasteiger charge is -2.28. The molecule has 0 unspecified atom stereocenters. The Balaban J connectivity index is 0.000000205. The van der Waals surface area contributed by atoms with Crippen molar-refractivity contribution in [3.63, 3.8) is 0 Å². The number of fused-ring (bicyclic) bond motifs is 2. The van der Waals surface area contributed by atoms with Gasteiger partial charge in [0.15, 0.2) is 22.9 Å². The topological polar surface area (TPSA) is 217 Å². The van der Waals surface area contributed by atoms with Crippen molar-refractivity contribution in [3.8, 4) is 12.0 Å². The summed E-state index contributed by atoms with van der Waals surface area (Å²) < 4.78 is 19.9. The molecule has 6 N–H and O–H groups in total. The van der Waals surface area contributed by atoms with Crippen LogP contribution in [-0.2, 0) is 44.0 Å². The van der Waals surface area contributed by atoms with Gasteiger partial charge in [-0.1, -0.05) is 136 Å². The predicted molar refractivity (Wildman–Crippen MR) is 305 cm³/mol. The summed E-state index contributed by atoms with van der Waals surface area (Å²) in [6.45, 7) is 16.1. The fourth-order valence-corrected chi connectivity index (χ4v) is 9.34. The lowest BCUT2D eigenvalue weighted by Crippen LogP contribution is -2.38. The van der Waals surface area contributed by atoms with Crippen molar-refractivity contribution in [1.29, 1.82) is 0 Å². The van der Waals surface area contributed by atoms with E-state index in [-0.39, 0.29) is 35.0 Å². The molecule has 0 atom stereocenters. The van der Waals surface area contributed by atoms with Gasteiger partial charge in [0.2, 0.25) is 0 Å². The van der Waals surface area contributed by atoms with Crippen LogP contribution in [0, 0.1) is 0 Å². The number of nitrogens with two attached hydrogens (primary N) is 2. The van der Waals surface area contributed by atoms with E-state index in [1.165, 1.54) is 22.3 Å². The first kappa shape index (κ1) is 56.1. The number of alkyl halides is 1. The zero-order valence-corrected chi connectivity index (χ0v) is 45.3. The number of nitrogen functional groups attached to an aromatic ring is 2. The van der Waals surface area contributed by atoms with Gasteiger partial charge in [0.1, 0.15) is 11.0 Å². The summed E-state index contributed by atoms with van der Waals surface area (Å²) in [5.74, 6) is 1.05. The van der Waals surface area contributed by atoms with Crippen molar-refractivity contribution in [3.05, 3.63) is 164 Å². The van der Waals surface area contributed by atoms with Gasteiger partial charge in [0.25, 0.3) is 0 Å². The van der Waals surface area contributed by atoms with Crippen LogP contribution in [0.25, 0.3) is 22.3 Å². The molecule has 0 amide bonds. The molecule has 19 heteroatoms. The van der Waals surface area contributed by atoms with Crippen LogP contribution >= 0.6 is 11.6 Å². The summed E-state index contributed by atoms with van der Waals surface area (Å²) in [5, 5.41) is 0. The summed E-state index contributed by atoms with van der Waals surface area (Å²) >= 11 is 5.96. The number of aromatic amines is 2. The molecule has 18 nitrogen and oxygen atoms in total. The Morgan fingerprint density at radius 2 is 0.961 bits per heavy atom. The molecule has 1 aliphatic heterocycles. The van der Waals surface area contributed by atoms with E-state index in [2.05, 4.69) is 149 Å². The molecule has 0 aliphatic carbocycles. The zero-order valence-electron chi connectivity index (χ0n) is 44.5. The number of morpholine rings is 1. The molecule has 9 rings (SSSR count). The van der Waals surface area contributed by atoms with Crippen molar-refractivity contribution < 1.29 is 14.2 Å². The number of imidazole rings is 2. The highest BCUT2D eigenvalue weighted by molar-refractivity contribution is 6.17. The van der Waals surface area contributed by atoms with Crippen LogP contribution in [-0.4, -0.2) is 119 Å². The molecular formula is C58H74ClN13O5. The number of unbranched alkanes of at least 4 members (excludes halogenated alkanes) is 2. The average molecular weight is 1070 g/mol. The summed E-state index contributed by atoms with van der Waals surface area (Å²) in [7, 11) is 0. The Labute approximate surface area is 455 Å². The van der Waals surface area contributed by atoms with E-state index in [0.717, 1.165) is 122 Å². The van der Waals surface area contributed by atoms with E-state index >= 15 is 0 Å². The van der Waals surface area contributed by atoms with Gasteiger partial charge in [-0.3, -0.25) is 23.8 Å². The smallest absolute Gasteiger partial charge is 0.328 e. The first-order valence-corrected chi connectivity index (χ1v) is 27.5. The van der Waals surface area contributed by atoms with E-state index in [1.54, 1.807) is 9.13 Å². The fraction of sp³-hybridized carbons (Fsp3) is 0.414. The van der Waals surface area contributed by atoms with Crippen molar-refractivity contribution in [2.75, 3.05) is 76.5 Å². The van der Waals surface area contributed by atoms with Gasteiger partial charge in [-0.15, -0.1) is 11.6 Å². The summed E-state index contributed by atoms with van der Waals surface area (Å²) in [6.07, 6.45) is 5.83. The van der Waals surface area contributed by atoms with Crippen LogP contribution < -0.4 is 32.3 Å². The molecule has 77 heavy (non-hydrogen) atoms. The maximum atomic E-state index is 12.8. The lowest BCUT2D eigenvalue weighted by atomic mass is 10.1. The number of ether oxygens (including phenoxy) is 3. The second kappa shape index (κ2) is 28.9. The molecule has 408 valence electrons. The number of halogens is 1. The first-order chi connectivity index (χ1) is 37.7. The third-order valence-electron chi connectivity index (χ3n) is 13.4. The second-order valence-corrected chi connectivity index (χ2v) is 19.9. The molecule has 0 saturated carbocycles. The molecule has 5 heterocycles. The maximum absolute atomic E-state index is 12.8. The average Bonchev–Trinajstić information content (AvgIpc) is 3.94. The quantitative estimate of drug-likeness (QED) is 0.0282. The van der Waals surface area contributed by atoms with Crippen LogP contribution in [0.5, 0.6) is 12.0 Å². The molecule has 0 bridgehead atoms. The molecule has 4 aromatic carbocycles. The maximum Gasteiger partial charge on any atom is 0.328 e. The van der Waals surface area contributed by atoms with Crippen LogP contribution in [0.3, 0.4) is 0 Å². The standard InChI is InChI=1S/C31H41N7O3.C27H33ClN6O2/c1-2-3-18-41-30-34-28(32)27-29(35-30)38(31(39)33-27)23-26-12-10-25(11-13-26)22-37(21-24-8-5-4-6-9-24)15-7-14-36-16-19-40-20-17-36;1-2-3-16-36-26-31-24(29)23-25(32-26)34(27(35)30-23)19-22-12-10-21(11-13-22)18-33(15-7-14-28)17-20-8-5-4-6-9-20/h4-6,8-13H,2-3,7,14-23H2,1H3,(H,33,39)(H2,32,34,35);4-6,8-13H,2-3,7,14-19H2,1H3,(H,30,35)(H2,29,31,32). The van der Waals surface area contributed by atoms with Gasteiger partial charge in [0, 0.05) is 51.7 Å². The number of benzene rings is 4. The Bertz CT molecular complexity index is 3160. The normalized spacial score (nSPS) is 12.9. The monoisotopic (exact) mass is 1070 g/mol. The Kier molecular flexibility index (Phi) is 21.0. The summed E-state index contributed by atoms with van der Waals surface area (Å²) in [4.78, 5) is 55.8. The van der Waals surface area contributed by atoms with Gasteiger partial charge in [-0.05, 0) is 72.2 Å². The Hall–Kier alpha value is -7.09. The lowest BCUT2D eigenvalue weighted by molar-refractivity contribution is 0.0359. The minimum Gasteiger partial charge on any atom is -0.463 e. The largest absolute Gasteiger partial charge is 0.463 e. The number of nitrogens with zero attached hydrogens (tertiary/aromatic N) is 9. The Morgan fingerprint density at radius 3 is 1.38 bits per heavy atom. The number of H-pyrrole nitrogens is 2. The summed E-state index contributed by atoms with van der Waals surface area (Å²) in [6, 6.07) is 38.2. The zero-order chi connectivity index (χ0) is 53.8. The first-order valence-electron chi connectivity index (χ1n) is 27.0. The SMILES string of the molecule is CCCCOc1nc(N)c2[nH]c(=O)n(Cc3ccc(CN(CCCCl)Cc4ccccc4)cc3)c2n1.CCCCOc1nc(N)c2[nH]c(=O)n(Cc3ccc(CN(CCCN4CCOCC4)Cc4ccccc4)cc3)c2n1. The van der Waals surface area contributed by atoms with E-state index in [0.29, 0.717) is 54.5 Å². The van der Waals surface area contributed by atoms with Gasteiger partial charge < -0.3 is 35.6 Å². The van der Waals surface area contributed by atoms with Gasteiger partial charge >= 0.3 is 23.4 Å². The predicted octanol–water partition coefficient (Wildman–Crippen LogP) is 8.21. The van der Waals surface area contributed by atoms with Gasteiger partial charge in [0.05, 0.1) is 39.5 Å². The van der Waals surface area contributed by atoms with Crippen molar-refractivity contribution >= 4 is 45.6 Å². The number of aromatic nitrogens is 8. The van der Waals surface area contributed by atoms with Gasteiger partial charge in [-0.2, -0.15) is 19.9 Å². The number of hydrogen-bond donors (Lipinski definition) is 4. The molecule has 1 aliphatic rings.